The van der Waals surface area contributed by atoms with Gasteiger partial charge in [-0.3, -0.25) is 0 Å². The fourth-order valence-electron chi connectivity index (χ4n) is 1.73. The lowest BCUT2D eigenvalue weighted by Crippen LogP contribution is -2.14. The Kier molecular flexibility index (Phi) is 4.79. The van der Waals surface area contributed by atoms with E-state index in [0.29, 0.717) is 11.1 Å². The van der Waals surface area contributed by atoms with E-state index >= 15 is 0 Å². The van der Waals surface area contributed by atoms with Crippen molar-refractivity contribution < 1.29 is 0 Å². The molecule has 0 saturated carbocycles. The Morgan fingerprint density at radius 3 is 2.70 bits per heavy atom. The summed E-state index contributed by atoms with van der Waals surface area (Å²) < 4.78 is 0. The first kappa shape index (κ1) is 14.6. The minimum absolute atomic E-state index is 0.380. The van der Waals surface area contributed by atoms with Crippen molar-refractivity contribution in [3.8, 4) is 0 Å². The molecule has 2 rings (SSSR count). The Bertz CT molecular complexity index is 586. The fraction of sp³-hybridized carbons (Fsp3) is 0.333. The summed E-state index contributed by atoms with van der Waals surface area (Å²) in [6, 6.07) is 8.01. The van der Waals surface area contributed by atoms with Crippen LogP contribution in [0.3, 0.4) is 0 Å². The summed E-state index contributed by atoms with van der Waals surface area (Å²) in [4.78, 5) is 8.45. The second-order valence-corrected chi connectivity index (χ2v) is 5.26. The lowest BCUT2D eigenvalue weighted by Gasteiger charge is -2.13. The number of hydrogen-bond donors (Lipinski definition) is 2. The van der Waals surface area contributed by atoms with Gasteiger partial charge in [-0.05, 0) is 38.0 Å². The van der Waals surface area contributed by atoms with Gasteiger partial charge >= 0.3 is 0 Å². The maximum absolute atomic E-state index is 6.02. The number of rotatable bonds is 5. The Hall–Kier alpha value is -1.81. The predicted molar refractivity (Wildman–Crippen MR) is 84.9 cm³/mol. The second-order valence-electron chi connectivity index (χ2n) is 4.83. The van der Waals surface area contributed by atoms with Crippen LogP contribution in [0.2, 0.25) is 5.02 Å². The minimum atomic E-state index is 0.380. The standard InChI is InChI=1S/C15H19ClN4/c1-4-11(3)19-14-8-15(18-9-17-14)20-13-7-12(16)6-5-10(13)2/h5-9,11H,4H2,1-3H3,(H2,17,18,19,20). The lowest BCUT2D eigenvalue weighted by atomic mass is 10.2. The highest BCUT2D eigenvalue weighted by atomic mass is 35.5. The highest BCUT2D eigenvalue weighted by Crippen LogP contribution is 2.23. The Morgan fingerprint density at radius 1 is 1.20 bits per heavy atom. The molecule has 0 fully saturated rings. The van der Waals surface area contributed by atoms with Crippen LogP contribution in [-0.4, -0.2) is 16.0 Å². The normalized spacial score (nSPS) is 12.0. The lowest BCUT2D eigenvalue weighted by molar-refractivity contribution is 0.758. The molecule has 0 radical (unpaired) electrons. The summed E-state index contributed by atoms with van der Waals surface area (Å²) in [6.45, 7) is 6.28. The van der Waals surface area contributed by atoms with Crippen LogP contribution in [0.4, 0.5) is 17.3 Å². The molecule has 4 nitrogen and oxygen atoms in total. The van der Waals surface area contributed by atoms with E-state index in [0.717, 1.165) is 29.3 Å². The van der Waals surface area contributed by atoms with E-state index in [1.165, 1.54) is 0 Å². The van der Waals surface area contributed by atoms with Gasteiger partial charge in [0.15, 0.2) is 0 Å². The molecule has 0 aliphatic carbocycles. The van der Waals surface area contributed by atoms with Crippen molar-refractivity contribution in [2.45, 2.75) is 33.2 Å². The summed E-state index contributed by atoms with van der Waals surface area (Å²) in [5.74, 6) is 1.56. The monoisotopic (exact) mass is 290 g/mol. The number of aryl methyl sites for hydroxylation is 1. The van der Waals surface area contributed by atoms with Crippen LogP contribution in [-0.2, 0) is 0 Å². The summed E-state index contributed by atoms with van der Waals surface area (Å²) in [5, 5.41) is 7.29. The zero-order chi connectivity index (χ0) is 14.5. The summed E-state index contributed by atoms with van der Waals surface area (Å²) in [5.41, 5.74) is 2.06. The predicted octanol–water partition coefficient (Wildman–Crippen LogP) is 4.39. The molecule has 106 valence electrons. The zero-order valence-corrected chi connectivity index (χ0v) is 12.7. The van der Waals surface area contributed by atoms with Gasteiger partial charge in [0.1, 0.15) is 18.0 Å². The number of halogens is 1. The minimum Gasteiger partial charge on any atom is -0.367 e. The highest BCUT2D eigenvalue weighted by Gasteiger charge is 2.04. The Balaban J connectivity index is 2.17. The van der Waals surface area contributed by atoms with E-state index in [1.54, 1.807) is 6.33 Å². The molecule has 0 saturated heterocycles. The molecule has 0 aliphatic heterocycles. The number of nitrogens with one attached hydrogen (secondary N) is 2. The van der Waals surface area contributed by atoms with Gasteiger partial charge in [0.2, 0.25) is 0 Å². The van der Waals surface area contributed by atoms with Crippen molar-refractivity contribution >= 4 is 28.9 Å². The van der Waals surface area contributed by atoms with Gasteiger partial charge in [-0.15, -0.1) is 0 Å². The van der Waals surface area contributed by atoms with Crippen LogP contribution in [0.1, 0.15) is 25.8 Å². The molecule has 0 bridgehead atoms. The van der Waals surface area contributed by atoms with Crippen molar-refractivity contribution in [3.05, 3.63) is 41.2 Å². The van der Waals surface area contributed by atoms with Gasteiger partial charge < -0.3 is 10.6 Å². The summed E-state index contributed by atoms with van der Waals surface area (Å²) in [6.07, 6.45) is 2.59. The largest absolute Gasteiger partial charge is 0.367 e. The molecule has 1 unspecified atom stereocenters. The number of nitrogens with zero attached hydrogens (tertiary/aromatic N) is 2. The molecule has 1 atom stereocenters. The molecule has 20 heavy (non-hydrogen) atoms. The molecule has 2 aromatic rings. The number of anilines is 3. The van der Waals surface area contributed by atoms with Crippen LogP contribution >= 0.6 is 11.6 Å². The number of benzene rings is 1. The van der Waals surface area contributed by atoms with Crippen LogP contribution in [0.5, 0.6) is 0 Å². The molecular formula is C15H19ClN4. The van der Waals surface area contributed by atoms with Crippen molar-refractivity contribution in [3.63, 3.8) is 0 Å². The van der Waals surface area contributed by atoms with Crippen molar-refractivity contribution in [1.82, 2.24) is 9.97 Å². The van der Waals surface area contributed by atoms with Crippen LogP contribution in [0.25, 0.3) is 0 Å². The van der Waals surface area contributed by atoms with Gasteiger partial charge in [-0.2, -0.15) is 0 Å². The molecular weight excluding hydrogens is 272 g/mol. The highest BCUT2D eigenvalue weighted by molar-refractivity contribution is 6.30. The molecule has 5 heteroatoms. The van der Waals surface area contributed by atoms with Crippen molar-refractivity contribution in [1.29, 1.82) is 0 Å². The number of hydrogen-bond acceptors (Lipinski definition) is 4. The average molecular weight is 291 g/mol. The topological polar surface area (TPSA) is 49.8 Å². The van der Waals surface area contributed by atoms with Gasteiger partial charge in [0.25, 0.3) is 0 Å². The van der Waals surface area contributed by atoms with E-state index in [-0.39, 0.29) is 0 Å². The van der Waals surface area contributed by atoms with E-state index in [1.807, 2.05) is 31.2 Å². The van der Waals surface area contributed by atoms with Gasteiger partial charge in [-0.1, -0.05) is 24.6 Å². The van der Waals surface area contributed by atoms with E-state index < -0.39 is 0 Å². The molecule has 1 heterocycles. The van der Waals surface area contributed by atoms with Crippen LogP contribution in [0, 0.1) is 6.92 Å². The molecule has 0 aliphatic rings. The van der Waals surface area contributed by atoms with Gasteiger partial charge in [0.05, 0.1) is 0 Å². The van der Waals surface area contributed by atoms with Crippen LogP contribution < -0.4 is 10.6 Å². The third-order valence-electron chi connectivity index (χ3n) is 3.14. The molecule has 0 spiro atoms. The maximum Gasteiger partial charge on any atom is 0.135 e. The zero-order valence-electron chi connectivity index (χ0n) is 11.9. The molecule has 1 aromatic carbocycles. The van der Waals surface area contributed by atoms with Gasteiger partial charge in [-0.25, -0.2) is 9.97 Å². The molecule has 1 aromatic heterocycles. The van der Waals surface area contributed by atoms with E-state index in [4.69, 9.17) is 11.6 Å². The SMILES string of the molecule is CCC(C)Nc1cc(Nc2cc(Cl)ccc2C)ncn1. The Labute approximate surface area is 124 Å². The van der Waals surface area contributed by atoms with Crippen molar-refractivity contribution in [2.75, 3.05) is 10.6 Å². The van der Waals surface area contributed by atoms with E-state index in [2.05, 4.69) is 34.4 Å². The quantitative estimate of drug-likeness (QED) is 0.857. The first-order valence-corrected chi connectivity index (χ1v) is 7.08. The van der Waals surface area contributed by atoms with Gasteiger partial charge in [0, 0.05) is 22.8 Å². The molecule has 0 amide bonds. The smallest absolute Gasteiger partial charge is 0.135 e. The second kappa shape index (κ2) is 6.57. The third-order valence-corrected chi connectivity index (χ3v) is 3.37. The fourth-order valence-corrected chi connectivity index (χ4v) is 1.90. The summed E-state index contributed by atoms with van der Waals surface area (Å²) in [7, 11) is 0. The first-order chi connectivity index (χ1) is 9.58. The Morgan fingerprint density at radius 2 is 1.95 bits per heavy atom. The van der Waals surface area contributed by atoms with Crippen molar-refractivity contribution in [2.24, 2.45) is 0 Å². The number of aromatic nitrogens is 2. The molecule has 2 N–H and O–H groups in total. The third kappa shape index (κ3) is 3.84. The van der Waals surface area contributed by atoms with E-state index in [9.17, 15) is 0 Å². The summed E-state index contributed by atoms with van der Waals surface area (Å²) >= 11 is 6.02. The van der Waals surface area contributed by atoms with Crippen LogP contribution in [0.15, 0.2) is 30.6 Å². The average Bonchev–Trinajstić information content (AvgIpc) is 2.43. The first-order valence-electron chi connectivity index (χ1n) is 6.70. The maximum atomic E-state index is 6.02.